The van der Waals surface area contributed by atoms with Crippen molar-refractivity contribution in [3.63, 3.8) is 0 Å². The number of nitrogens with one attached hydrogen (secondary N) is 3. The lowest BCUT2D eigenvalue weighted by atomic mass is 9.58. The van der Waals surface area contributed by atoms with E-state index in [1.54, 1.807) is 6.92 Å². The van der Waals surface area contributed by atoms with E-state index in [0.717, 1.165) is 0 Å². The minimum Gasteiger partial charge on any atom is -0.510 e. The van der Waals surface area contributed by atoms with Crippen molar-refractivity contribution in [2.45, 2.75) is 50.2 Å². The van der Waals surface area contributed by atoms with Gasteiger partial charge in [-0.15, -0.1) is 13.2 Å². The van der Waals surface area contributed by atoms with Crippen molar-refractivity contribution in [1.82, 2.24) is 10.6 Å². The molecule has 226 valence electrons. The van der Waals surface area contributed by atoms with Crippen LogP contribution in [0.25, 0.3) is 0 Å². The molecule has 9 N–H and O–H groups in total. The number of rotatable bonds is 4. The highest BCUT2D eigenvalue weighted by molar-refractivity contribution is 6.25. The lowest BCUT2D eigenvalue weighted by Crippen LogP contribution is -2.64. The van der Waals surface area contributed by atoms with Gasteiger partial charge in [-0.05, 0) is 44.2 Å². The molecular weight excluding hydrogens is 565 g/mol. The van der Waals surface area contributed by atoms with E-state index in [1.807, 2.05) is 0 Å². The zero-order chi connectivity index (χ0) is 30.5. The normalized spacial score (nSPS) is 32.0. The maximum atomic E-state index is 14.0. The summed E-state index contributed by atoms with van der Waals surface area (Å²) in [5.74, 6) is -9.50. The Balaban J connectivity index is 1.57. The summed E-state index contributed by atoms with van der Waals surface area (Å²) in [4.78, 5) is 39.5. The molecule has 6 rings (SSSR count). The minimum absolute atomic E-state index is 0.0409. The fraction of sp³-hybridized carbons (Fsp3) is 0.519. The quantitative estimate of drug-likeness (QED) is 0.183. The van der Waals surface area contributed by atoms with E-state index in [-0.39, 0.29) is 42.1 Å². The number of carbonyl (C=O) groups is 3. The molecule has 0 aromatic heterocycles. The van der Waals surface area contributed by atoms with E-state index in [4.69, 9.17) is 5.73 Å². The number of alkyl halides is 3. The Labute approximate surface area is 236 Å². The van der Waals surface area contributed by atoms with Crippen LogP contribution in [0.3, 0.4) is 0 Å². The fourth-order valence-corrected chi connectivity index (χ4v) is 7.51. The van der Waals surface area contributed by atoms with E-state index in [2.05, 4.69) is 20.7 Å². The molecule has 1 saturated heterocycles. The second-order valence-electron chi connectivity index (χ2n) is 11.3. The maximum Gasteiger partial charge on any atom is 0.573 e. The van der Waals surface area contributed by atoms with Crippen LogP contribution in [0, 0.1) is 17.8 Å². The molecule has 12 nitrogen and oxygen atoms in total. The number of phenols is 1. The molecule has 2 aliphatic heterocycles. The molecule has 5 aliphatic rings. The van der Waals surface area contributed by atoms with E-state index < -0.39 is 93.1 Å². The summed E-state index contributed by atoms with van der Waals surface area (Å²) >= 11 is 0. The fourth-order valence-electron chi connectivity index (χ4n) is 7.51. The Morgan fingerprint density at radius 3 is 2.60 bits per heavy atom. The first-order valence-electron chi connectivity index (χ1n) is 13.6. The third-order valence-corrected chi connectivity index (χ3v) is 9.20. The average Bonchev–Trinajstić information content (AvgIpc) is 3.39. The third kappa shape index (κ3) is 3.76. The van der Waals surface area contributed by atoms with Gasteiger partial charge in [0.1, 0.15) is 22.8 Å². The van der Waals surface area contributed by atoms with Gasteiger partial charge in [0.15, 0.2) is 17.1 Å². The van der Waals surface area contributed by atoms with Crippen LogP contribution in [-0.4, -0.2) is 75.5 Å². The maximum absolute atomic E-state index is 14.0. The van der Waals surface area contributed by atoms with E-state index in [1.165, 1.54) is 0 Å². The van der Waals surface area contributed by atoms with Crippen LogP contribution in [0.4, 0.5) is 18.9 Å². The molecule has 2 unspecified atom stereocenters. The predicted octanol–water partition coefficient (Wildman–Crippen LogP) is 1.14. The summed E-state index contributed by atoms with van der Waals surface area (Å²) in [5, 5.41) is 54.1. The van der Waals surface area contributed by atoms with Gasteiger partial charge in [0.05, 0.1) is 17.3 Å². The number of Topliss-reactive ketones (excluding diaryl/α,β-unsaturated/α-hetero) is 2. The number of carbonyl (C=O) groups excluding carboxylic acids is 3. The molecule has 15 heteroatoms. The Morgan fingerprint density at radius 1 is 1.24 bits per heavy atom. The zero-order valence-corrected chi connectivity index (χ0v) is 22.3. The van der Waals surface area contributed by atoms with Crippen LogP contribution >= 0.6 is 0 Å². The molecule has 42 heavy (non-hydrogen) atoms. The van der Waals surface area contributed by atoms with Gasteiger partial charge in [0.2, 0.25) is 5.78 Å². The molecule has 2 heterocycles. The molecule has 1 amide bonds. The highest BCUT2D eigenvalue weighted by Gasteiger charge is 2.63. The molecule has 0 bridgehead atoms. The number of anilines is 1. The van der Waals surface area contributed by atoms with Crippen molar-refractivity contribution < 1.29 is 52.7 Å². The monoisotopic (exact) mass is 594 g/mol. The number of aliphatic hydroxyl groups is 3. The van der Waals surface area contributed by atoms with E-state index >= 15 is 0 Å². The van der Waals surface area contributed by atoms with Crippen molar-refractivity contribution in [3.05, 3.63) is 39.4 Å². The lowest BCUT2D eigenvalue weighted by Gasteiger charge is -2.49. The van der Waals surface area contributed by atoms with E-state index in [9.17, 15) is 48.0 Å². The first-order chi connectivity index (χ1) is 19.7. The summed E-state index contributed by atoms with van der Waals surface area (Å²) in [6, 6.07) is -1.86. The largest absolute Gasteiger partial charge is 0.573 e. The van der Waals surface area contributed by atoms with Gasteiger partial charge >= 0.3 is 6.36 Å². The number of benzene rings is 1. The molecule has 1 fully saturated rings. The highest BCUT2D eigenvalue weighted by Crippen LogP contribution is 2.57. The van der Waals surface area contributed by atoms with Crippen LogP contribution in [0.2, 0.25) is 0 Å². The van der Waals surface area contributed by atoms with Gasteiger partial charge in [0.25, 0.3) is 5.91 Å². The number of ether oxygens (including phenoxy) is 1. The topological polar surface area (TPSA) is 203 Å². The molecule has 3 aliphatic carbocycles. The Bertz CT molecular complexity index is 1500. The summed E-state index contributed by atoms with van der Waals surface area (Å²) in [5.41, 5.74) is 0.147. The summed E-state index contributed by atoms with van der Waals surface area (Å²) in [6.45, 7) is 2.65. The Kier molecular flexibility index (Phi) is 6.30. The van der Waals surface area contributed by atoms with E-state index in [0.29, 0.717) is 19.5 Å². The number of nitrogens with two attached hydrogens (primary N) is 1. The first-order valence-corrected chi connectivity index (χ1v) is 13.6. The van der Waals surface area contributed by atoms with Crippen LogP contribution in [0.1, 0.15) is 47.3 Å². The average molecular weight is 595 g/mol. The zero-order valence-electron chi connectivity index (χ0n) is 22.3. The number of fused-ring (bicyclic) bond motifs is 6. The van der Waals surface area contributed by atoms with Crippen molar-refractivity contribution in [2.24, 2.45) is 23.5 Å². The van der Waals surface area contributed by atoms with Crippen LogP contribution in [0.5, 0.6) is 11.5 Å². The molecule has 0 saturated carbocycles. The molecule has 0 spiro atoms. The SMILES string of the molecule is CCN[C@@H]1C(O)=C(C(N)=O)C(=O)[C@@]2(O)C(O)=C3C(=O)c4c(O)c5c(c(OC(F)(F)F)c4C[C@H]3C[C@@H]12)C1NCCC1CN5. The van der Waals surface area contributed by atoms with Crippen LogP contribution in [0.15, 0.2) is 22.7 Å². The molecular formula is C27H29F3N4O8. The van der Waals surface area contributed by atoms with Crippen molar-refractivity contribution in [3.8, 4) is 11.5 Å². The third-order valence-electron chi connectivity index (χ3n) is 9.20. The molecule has 6 atom stereocenters. The number of likely N-dealkylation sites (N-methyl/N-ethyl adjacent to an activating group) is 1. The number of hydrogen-bond acceptors (Lipinski definition) is 11. The molecule has 1 aromatic rings. The van der Waals surface area contributed by atoms with Crippen molar-refractivity contribution in [2.75, 3.05) is 25.0 Å². The number of aliphatic hydroxyl groups excluding tert-OH is 2. The summed E-state index contributed by atoms with van der Waals surface area (Å²) in [7, 11) is 0. The number of allylic oxidation sites excluding steroid dienone is 1. The number of primary amides is 1. The number of phenolic OH excluding ortho intramolecular Hbond substituents is 1. The van der Waals surface area contributed by atoms with Crippen LogP contribution < -0.4 is 26.4 Å². The number of halogens is 3. The van der Waals surface area contributed by atoms with Gasteiger partial charge in [0, 0.05) is 35.2 Å². The minimum atomic E-state index is -5.15. The predicted molar refractivity (Wildman–Crippen MR) is 138 cm³/mol. The summed E-state index contributed by atoms with van der Waals surface area (Å²) < 4.78 is 46.0. The Morgan fingerprint density at radius 2 is 1.95 bits per heavy atom. The smallest absolute Gasteiger partial charge is 0.510 e. The second-order valence-corrected chi connectivity index (χ2v) is 11.3. The van der Waals surface area contributed by atoms with Crippen LogP contribution in [-0.2, 0) is 16.0 Å². The number of aromatic hydroxyl groups is 1. The lowest BCUT2D eigenvalue weighted by molar-refractivity contribution is -0.275. The molecule has 1 aromatic carbocycles. The standard InChI is InChI=1S/C27H29F3N4O8/c1-2-32-17-11-6-9-5-10-13(19(35)12(9)23(38)26(11,41)24(39)15(21(17)37)25(31)40)20(36)18-14(22(10)42-27(28,29)30)16-8(7-34-18)3-4-33-16/h8-9,11,16-17,32-34,36-38,41H,2-7H2,1H3,(H2,31,40)/t8?,9-,11-,16?,17-,26-/m0/s1. The van der Waals surface area contributed by atoms with Crippen molar-refractivity contribution >= 4 is 23.2 Å². The highest BCUT2D eigenvalue weighted by atomic mass is 19.4. The van der Waals surface area contributed by atoms with Crippen molar-refractivity contribution in [1.29, 1.82) is 0 Å². The first kappa shape index (κ1) is 28.3. The molecule has 0 radical (unpaired) electrons. The number of hydrogen-bond donors (Lipinski definition) is 8. The van der Waals surface area contributed by atoms with Gasteiger partial charge < -0.3 is 46.8 Å². The van der Waals surface area contributed by atoms with Gasteiger partial charge in [-0.2, -0.15) is 0 Å². The van der Waals surface area contributed by atoms with Gasteiger partial charge in [-0.1, -0.05) is 6.92 Å². The summed E-state index contributed by atoms with van der Waals surface area (Å²) in [6.07, 6.45) is -5.09. The second kappa shape index (κ2) is 9.34. The van der Waals surface area contributed by atoms with Gasteiger partial charge in [-0.3, -0.25) is 14.4 Å². The van der Waals surface area contributed by atoms with Gasteiger partial charge in [-0.25, -0.2) is 0 Å². The Hall–Kier alpha value is -3.82. The number of amides is 1. The number of ketones is 2.